The molecule has 0 atom stereocenters. The van der Waals surface area contributed by atoms with E-state index in [9.17, 15) is 0 Å². The Morgan fingerprint density at radius 2 is 1.96 bits per heavy atom. The Kier molecular flexibility index (Phi) is 11.0. The van der Waals surface area contributed by atoms with E-state index in [2.05, 4.69) is 31.4 Å². The zero-order valence-electron chi connectivity index (χ0n) is 15.4. The van der Waals surface area contributed by atoms with Crippen molar-refractivity contribution in [1.29, 1.82) is 0 Å². The van der Waals surface area contributed by atoms with Crippen molar-refractivity contribution >= 4 is 47.1 Å². The minimum absolute atomic E-state index is 0. The monoisotopic (exact) mass is 464 g/mol. The topological polar surface area (TPSA) is 86.3 Å². The Hall–Kier alpha value is -2.26. The average Bonchev–Trinajstić information content (AvgIpc) is 3.15. The quantitative estimate of drug-likeness (QED) is 0.146. The van der Waals surface area contributed by atoms with E-state index in [0.717, 1.165) is 16.9 Å². The Balaban J connectivity index is 0.00000392. The third kappa shape index (κ3) is 7.77. The van der Waals surface area contributed by atoms with Crippen molar-refractivity contribution in [3.63, 3.8) is 0 Å². The number of aliphatic imine (C=N–C) groups is 1. The largest absolute Gasteiger partial charge is 1.00 e. The number of benzene rings is 1. The number of hydrazone groups is 2. The van der Waals surface area contributed by atoms with E-state index in [1.165, 1.54) is 6.21 Å². The second-order valence-electron chi connectivity index (χ2n) is 5.18. The van der Waals surface area contributed by atoms with Crippen molar-refractivity contribution in [1.82, 2.24) is 16.2 Å². The first-order chi connectivity index (χ1) is 13.1. The standard InChI is InChI=1S/C18H22N6OS2.Cu/c1-3-19-17(26)23-21-11-15(22-24-18(27)20-4-2)14-10-16(25-12-14)13-8-6-5-7-9-13;/h5-12H,3-4H2,1-2H3,(H2,19,23,26)(H2,20,24,27);/q;+1/p-1/b21-11+,22-15-;. The molecule has 0 saturated heterocycles. The van der Waals surface area contributed by atoms with Gasteiger partial charge in [0.05, 0.1) is 6.21 Å². The summed E-state index contributed by atoms with van der Waals surface area (Å²) in [7, 11) is 0. The maximum atomic E-state index is 5.67. The summed E-state index contributed by atoms with van der Waals surface area (Å²) in [5.41, 5.74) is 7.69. The van der Waals surface area contributed by atoms with E-state index in [1.54, 1.807) is 6.26 Å². The Morgan fingerprint density at radius 1 is 1.21 bits per heavy atom. The molecule has 3 N–H and O–H groups in total. The number of hydrogen-bond acceptors (Lipinski definition) is 6. The van der Waals surface area contributed by atoms with Gasteiger partial charge >= 0.3 is 17.1 Å². The van der Waals surface area contributed by atoms with E-state index in [1.807, 2.05) is 50.2 Å². The van der Waals surface area contributed by atoms with Crippen LogP contribution >= 0.6 is 12.2 Å². The molecule has 0 saturated carbocycles. The summed E-state index contributed by atoms with van der Waals surface area (Å²) < 4.78 is 5.67. The van der Waals surface area contributed by atoms with Gasteiger partial charge in [-0.05, 0) is 37.3 Å². The fourth-order valence-corrected chi connectivity index (χ4v) is 2.40. The summed E-state index contributed by atoms with van der Waals surface area (Å²) in [6.45, 7) is 5.13. The summed E-state index contributed by atoms with van der Waals surface area (Å²) in [5.74, 6) is 0.726. The van der Waals surface area contributed by atoms with Crippen LogP contribution in [-0.4, -0.2) is 35.3 Å². The molecule has 1 heterocycles. The van der Waals surface area contributed by atoms with E-state index in [0.29, 0.717) is 29.1 Å². The second kappa shape index (κ2) is 13.0. The van der Waals surface area contributed by atoms with Crippen LogP contribution in [0.5, 0.6) is 0 Å². The zero-order chi connectivity index (χ0) is 19.5. The molecule has 7 nitrogen and oxygen atoms in total. The molecule has 0 bridgehead atoms. The number of nitrogens with zero attached hydrogens (tertiary/aromatic N) is 3. The van der Waals surface area contributed by atoms with Crippen LogP contribution < -0.4 is 16.2 Å². The summed E-state index contributed by atoms with van der Waals surface area (Å²) >= 11 is 10.2. The predicted molar refractivity (Wildman–Crippen MR) is 117 cm³/mol. The molecule has 0 aliphatic heterocycles. The van der Waals surface area contributed by atoms with Crippen LogP contribution in [0, 0.1) is 0 Å². The van der Waals surface area contributed by atoms with Gasteiger partial charge in [-0.3, -0.25) is 15.8 Å². The number of amidine groups is 1. The molecule has 152 valence electrons. The van der Waals surface area contributed by atoms with Crippen molar-refractivity contribution in [2.75, 3.05) is 13.1 Å². The first-order valence-electron chi connectivity index (χ1n) is 8.40. The van der Waals surface area contributed by atoms with Gasteiger partial charge in [-0.1, -0.05) is 30.3 Å². The first kappa shape index (κ1) is 23.8. The van der Waals surface area contributed by atoms with Gasteiger partial charge in [0.1, 0.15) is 17.7 Å². The van der Waals surface area contributed by atoms with Crippen molar-refractivity contribution in [2.45, 2.75) is 13.8 Å². The van der Waals surface area contributed by atoms with Gasteiger partial charge in [0.25, 0.3) is 0 Å². The van der Waals surface area contributed by atoms with Gasteiger partial charge in [-0.15, -0.1) is 0 Å². The maximum absolute atomic E-state index is 5.67. The molecule has 0 unspecified atom stereocenters. The summed E-state index contributed by atoms with van der Waals surface area (Å²) in [6.07, 6.45) is 3.14. The molecule has 0 fully saturated rings. The fraction of sp³-hybridized carbons (Fsp3) is 0.222. The van der Waals surface area contributed by atoms with Crippen LogP contribution in [-0.2, 0) is 29.7 Å². The Labute approximate surface area is 186 Å². The van der Waals surface area contributed by atoms with Crippen molar-refractivity contribution in [3.8, 4) is 11.3 Å². The van der Waals surface area contributed by atoms with Gasteiger partial charge in [-0.25, -0.2) is 0 Å². The van der Waals surface area contributed by atoms with Crippen molar-refractivity contribution in [3.05, 3.63) is 48.2 Å². The molecule has 0 spiro atoms. The van der Waals surface area contributed by atoms with E-state index >= 15 is 0 Å². The molecule has 1 aromatic carbocycles. The third-order valence-corrected chi connectivity index (χ3v) is 3.67. The van der Waals surface area contributed by atoms with Gasteiger partial charge < -0.3 is 22.4 Å². The molecule has 28 heavy (non-hydrogen) atoms. The van der Waals surface area contributed by atoms with E-state index in [-0.39, 0.29) is 17.1 Å². The fourth-order valence-electron chi connectivity index (χ4n) is 2.03. The van der Waals surface area contributed by atoms with Crippen LogP contribution in [0.15, 0.2) is 62.3 Å². The average molecular weight is 465 g/mol. The van der Waals surface area contributed by atoms with Crippen LogP contribution in [0.3, 0.4) is 0 Å². The Morgan fingerprint density at radius 3 is 2.64 bits per heavy atom. The SMILES string of the molecule is CCN=C([S-])N/N=C(/C=N/NC(=S)NCC)c1coc(-c2ccccc2)c1.[Cu+]. The molecular formula is C18H21CuN6OS2. The number of hydrogen-bond donors (Lipinski definition) is 3. The number of nitrogens with one attached hydrogen (secondary N) is 3. The van der Waals surface area contributed by atoms with Crippen LogP contribution in [0.25, 0.3) is 11.3 Å². The van der Waals surface area contributed by atoms with Gasteiger partial charge in [0, 0.05) is 24.2 Å². The molecule has 0 radical (unpaired) electrons. The van der Waals surface area contributed by atoms with E-state index in [4.69, 9.17) is 29.3 Å². The minimum Gasteiger partial charge on any atom is -0.741 e. The molecule has 2 rings (SSSR count). The number of thiocarbonyl (C=S) groups is 1. The predicted octanol–water partition coefficient (Wildman–Crippen LogP) is 2.63. The zero-order valence-corrected chi connectivity index (χ0v) is 18.0. The summed E-state index contributed by atoms with van der Waals surface area (Å²) in [5, 5.41) is 12.1. The molecular weight excluding hydrogens is 444 g/mol. The first-order valence-corrected chi connectivity index (χ1v) is 9.22. The normalized spacial score (nSPS) is 11.8. The maximum Gasteiger partial charge on any atom is 1.00 e. The van der Waals surface area contributed by atoms with Crippen LogP contribution in [0.2, 0.25) is 0 Å². The van der Waals surface area contributed by atoms with Gasteiger partial charge in [0.2, 0.25) is 0 Å². The van der Waals surface area contributed by atoms with Gasteiger partial charge in [0.15, 0.2) is 5.11 Å². The van der Waals surface area contributed by atoms with E-state index < -0.39 is 0 Å². The minimum atomic E-state index is 0. The molecule has 0 aliphatic carbocycles. The van der Waals surface area contributed by atoms with Crippen molar-refractivity contribution < 1.29 is 21.5 Å². The smallest absolute Gasteiger partial charge is 0.741 e. The second-order valence-corrected chi connectivity index (χ2v) is 5.98. The van der Waals surface area contributed by atoms with Gasteiger partial charge in [-0.2, -0.15) is 10.2 Å². The van der Waals surface area contributed by atoms with Crippen LogP contribution in [0.1, 0.15) is 19.4 Å². The Bertz CT molecular complexity index is 836. The van der Waals surface area contributed by atoms with Crippen molar-refractivity contribution in [2.24, 2.45) is 15.2 Å². The molecule has 0 aliphatic rings. The van der Waals surface area contributed by atoms with Crippen LogP contribution in [0.4, 0.5) is 0 Å². The summed E-state index contributed by atoms with van der Waals surface area (Å²) in [4.78, 5) is 4.07. The third-order valence-electron chi connectivity index (χ3n) is 3.22. The molecule has 2 aromatic rings. The number of furan rings is 1. The molecule has 0 amide bonds. The molecule has 10 heteroatoms. The number of rotatable bonds is 7. The molecule has 1 aromatic heterocycles. The summed E-state index contributed by atoms with van der Waals surface area (Å²) in [6, 6.07) is 11.7.